The van der Waals surface area contributed by atoms with Gasteiger partial charge in [0, 0.05) is 23.6 Å². The molecular formula is C20H13F4N5OS. The molecule has 0 atom stereocenters. The molecule has 1 aliphatic rings. The van der Waals surface area contributed by atoms with Gasteiger partial charge in [0.25, 0.3) is 0 Å². The van der Waals surface area contributed by atoms with Gasteiger partial charge in [0.1, 0.15) is 5.52 Å². The molecule has 0 amide bonds. The topological polar surface area (TPSA) is 66.1 Å². The molecule has 11 heteroatoms. The van der Waals surface area contributed by atoms with Crippen LogP contribution in [-0.2, 0) is 12.7 Å². The third kappa shape index (κ3) is 3.91. The van der Waals surface area contributed by atoms with Gasteiger partial charge in [0.2, 0.25) is 5.95 Å². The monoisotopic (exact) mass is 447 g/mol. The Morgan fingerprint density at radius 3 is 2.74 bits per heavy atom. The minimum atomic E-state index is -4.64. The number of anilines is 2. The lowest BCUT2D eigenvalue weighted by Crippen LogP contribution is -2.22. The molecule has 31 heavy (non-hydrogen) atoms. The molecular weight excluding hydrogens is 434 g/mol. The van der Waals surface area contributed by atoms with Crippen molar-refractivity contribution < 1.29 is 22.4 Å². The van der Waals surface area contributed by atoms with Crippen LogP contribution in [0.3, 0.4) is 0 Å². The fourth-order valence-electron chi connectivity index (χ4n) is 3.13. The Bertz CT molecular complexity index is 1280. The van der Waals surface area contributed by atoms with Crippen molar-refractivity contribution in [1.82, 2.24) is 19.4 Å². The number of H-pyrrole nitrogens is 1. The number of benzene rings is 2. The quantitative estimate of drug-likeness (QED) is 0.393. The predicted molar refractivity (Wildman–Crippen MR) is 108 cm³/mol. The minimum Gasteiger partial charge on any atom is -0.380 e. The number of hydrogen-bond acceptors (Lipinski definition) is 6. The van der Waals surface area contributed by atoms with Gasteiger partial charge in [-0.1, -0.05) is 0 Å². The van der Waals surface area contributed by atoms with Crippen LogP contribution in [0.25, 0.3) is 17.1 Å². The summed E-state index contributed by atoms with van der Waals surface area (Å²) < 4.78 is 56.8. The molecule has 0 aliphatic carbocycles. The Hall–Kier alpha value is -3.60. The van der Waals surface area contributed by atoms with Crippen molar-refractivity contribution in [2.24, 2.45) is 0 Å². The summed E-state index contributed by atoms with van der Waals surface area (Å²) in [6, 6.07) is 8.14. The maximum Gasteiger partial charge on any atom is 0.416 e. The molecule has 5 rings (SSSR count). The Kier molecular flexibility index (Phi) is 4.54. The highest BCUT2D eigenvalue weighted by Gasteiger charge is 2.32. The SMILES string of the molecule is Fc1cc(C(F)(F)F)cc2[nH]c(Nc3ccc(ON4C=Cc5sncc5C4)cc3)nc12. The van der Waals surface area contributed by atoms with E-state index in [0.29, 0.717) is 24.0 Å². The van der Waals surface area contributed by atoms with Gasteiger partial charge in [0.05, 0.1) is 22.5 Å². The summed E-state index contributed by atoms with van der Waals surface area (Å²) in [7, 11) is 0. The van der Waals surface area contributed by atoms with Crippen LogP contribution in [0.15, 0.2) is 48.8 Å². The van der Waals surface area contributed by atoms with Gasteiger partial charge in [-0.05, 0) is 54.0 Å². The first kappa shape index (κ1) is 19.4. The van der Waals surface area contributed by atoms with Crippen LogP contribution in [0, 0.1) is 5.82 Å². The van der Waals surface area contributed by atoms with E-state index in [1.807, 2.05) is 12.3 Å². The Morgan fingerprint density at radius 1 is 1.16 bits per heavy atom. The van der Waals surface area contributed by atoms with E-state index in [4.69, 9.17) is 4.84 Å². The van der Waals surface area contributed by atoms with Crippen LogP contribution in [0.2, 0.25) is 0 Å². The molecule has 0 radical (unpaired) electrons. The molecule has 2 N–H and O–H groups in total. The van der Waals surface area contributed by atoms with Gasteiger partial charge >= 0.3 is 6.18 Å². The van der Waals surface area contributed by atoms with E-state index in [2.05, 4.69) is 19.7 Å². The second-order valence-corrected chi connectivity index (χ2v) is 7.62. The largest absolute Gasteiger partial charge is 0.416 e. The fourth-order valence-corrected chi connectivity index (χ4v) is 3.78. The van der Waals surface area contributed by atoms with Gasteiger partial charge in [-0.25, -0.2) is 18.8 Å². The number of hydroxylamine groups is 2. The fraction of sp³-hybridized carbons (Fsp3) is 0.100. The van der Waals surface area contributed by atoms with Crippen molar-refractivity contribution in [3.63, 3.8) is 0 Å². The van der Waals surface area contributed by atoms with Gasteiger partial charge < -0.3 is 15.1 Å². The zero-order chi connectivity index (χ0) is 21.6. The third-order valence-corrected chi connectivity index (χ3v) is 5.41. The van der Waals surface area contributed by atoms with Crippen molar-refractivity contribution in [1.29, 1.82) is 0 Å². The van der Waals surface area contributed by atoms with Crippen molar-refractivity contribution in [2.45, 2.75) is 12.7 Å². The maximum absolute atomic E-state index is 14.0. The van der Waals surface area contributed by atoms with Crippen molar-refractivity contribution in [3.8, 4) is 5.75 Å². The number of halogens is 4. The van der Waals surface area contributed by atoms with E-state index in [1.165, 1.54) is 11.5 Å². The molecule has 4 aromatic rings. The first-order valence-corrected chi connectivity index (χ1v) is 9.82. The molecule has 0 saturated heterocycles. The summed E-state index contributed by atoms with van der Waals surface area (Å²) in [6.07, 6.45) is 0.914. The highest BCUT2D eigenvalue weighted by atomic mass is 32.1. The summed E-state index contributed by atoms with van der Waals surface area (Å²) in [5.41, 5.74) is 0.382. The number of imidazole rings is 1. The molecule has 2 aromatic carbocycles. The first-order chi connectivity index (χ1) is 14.8. The smallest absolute Gasteiger partial charge is 0.380 e. The molecule has 0 unspecified atom stereocenters. The highest BCUT2D eigenvalue weighted by molar-refractivity contribution is 7.06. The zero-order valence-electron chi connectivity index (χ0n) is 15.6. The molecule has 0 fully saturated rings. The Balaban J connectivity index is 1.29. The molecule has 2 aromatic heterocycles. The predicted octanol–water partition coefficient (Wildman–Crippen LogP) is 5.70. The maximum atomic E-state index is 14.0. The summed E-state index contributed by atoms with van der Waals surface area (Å²) >= 11 is 1.43. The average molecular weight is 447 g/mol. The second-order valence-electron chi connectivity index (χ2n) is 6.78. The molecule has 6 nitrogen and oxygen atoms in total. The number of rotatable bonds is 4. The lowest BCUT2D eigenvalue weighted by Gasteiger charge is -2.23. The van der Waals surface area contributed by atoms with Crippen LogP contribution in [0.4, 0.5) is 29.2 Å². The molecule has 3 heterocycles. The van der Waals surface area contributed by atoms with Crippen LogP contribution >= 0.6 is 11.5 Å². The van der Waals surface area contributed by atoms with Crippen LogP contribution < -0.4 is 10.2 Å². The van der Waals surface area contributed by atoms with Gasteiger partial charge in [0.15, 0.2) is 11.6 Å². The first-order valence-electron chi connectivity index (χ1n) is 9.05. The lowest BCUT2D eigenvalue weighted by atomic mass is 10.2. The number of aromatic nitrogens is 3. The van der Waals surface area contributed by atoms with E-state index in [0.717, 1.165) is 16.5 Å². The van der Waals surface area contributed by atoms with Crippen molar-refractivity contribution >= 4 is 40.3 Å². The lowest BCUT2D eigenvalue weighted by molar-refractivity contribution is -0.137. The summed E-state index contributed by atoms with van der Waals surface area (Å²) in [6.45, 7) is 0.576. The van der Waals surface area contributed by atoms with Gasteiger partial charge in [-0.15, -0.1) is 0 Å². The van der Waals surface area contributed by atoms with Gasteiger partial charge in [-0.3, -0.25) is 0 Å². The number of alkyl halides is 3. The molecule has 158 valence electrons. The number of fused-ring (bicyclic) bond motifs is 2. The van der Waals surface area contributed by atoms with E-state index in [-0.39, 0.29) is 17.0 Å². The highest BCUT2D eigenvalue weighted by Crippen LogP contribution is 2.33. The number of aromatic amines is 1. The molecule has 1 aliphatic heterocycles. The zero-order valence-corrected chi connectivity index (χ0v) is 16.4. The van der Waals surface area contributed by atoms with Crippen molar-refractivity contribution in [3.05, 3.63) is 70.6 Å². The van der Waals surface area contributed by atoms with Crippen LogP contribution in [0.1, 0.15) is 16.0 Å². The normalized spacial score (nSPS) is 13.5. The van der Waals surface area contributed by atoms with Crippen molar-refractivity contribution in [2.75, 3.05) is 5.32 Å². The summed E-state index contributed by atoms with van der Waals surface area (Å²) in [5, 5.41) is 4.59. The average Bonchev–Trinajstić information content (AvgIpc) is 3.35. The third-order valence-electron chi connectivity index (χ3n) is 4.60. The molecule has 0 saturated carbocycles. The molecule has 0 spiro atoms. The number of hydrogen-bond donors (Lipinski definition) is 2. The number of nitrogens with zero attached hydrogens (tertiary/aromatic N) is 3. The van der Waals surface area contributed by atoms with Crippen LogP contribution in [0.5, 0.6) is 5.75 Å². The van der Waals surface area contributed by atoms with Crippen LogP contribution in [-0.4, -0.2) is 19.4 Å². The second kappa shape index (κ2) is 7.27. The number of nitrogens with one attached hydrogen (secondary N) is 2. The summed E-state index contributed by atoms with van der Waals surface area (Å²) in [4.78, 5) is 13.6. The molecule has 0 bridgehead atoms. The Morgan fingerprint density at radius 2 is 1.97 bits per heavy atom. The van der Waals surface area contributed by atoms with Gasteiger partial charge in [-0.2, -0.15) is 13.2 Å². The van der Waals surface area contributed by atoms with E-state index < -0.39 is 17.6 Å². The van der Waals surface area contributed by atoms with E-state index in [1.54, 1.807) is 35.5 Å². The van der Waals surface area contributed by atoms with E-state index >= 15 is 0 Å². The summed E-state index contributed by atoms with van der Waals surface area (Å²) in [5.74, 6) is -0.331. The standard InChI is InChI=1S/C20H13F4N5OS/c21-15-7-12(20(22,23)24)8-16-18(15)28-19(27-16)26-13-1-3-14(4-2-13)30-29-6-5-17-11(10-29)9-25-31-17/h1-9H,10H2,(H2,26,27,28). The Labute approximate surface area is 176 Å². The van der Waals surface area contributed by atoms with E-state index in [9.17, 15) is 17.6 Å². The minimum absolute atomic E-state index is 0.0473.